The molecule has 5 rings (SSSR count). The maximum Gasteiger partial charge on any atom is 0.180 e. The summed E-state index contributed by atoms with van der Waals surface area (Å²) in [6.45, 7) is 5.79. The van der Waals surface area contributed by atoms with E-state index in [1.807, 2.05) is 6.07 Å². The number of rotatable bonds is 2. The molecule has 2 saturated heterocycles. The number of anilines is 1. The lowest BCUT2D eigenvalue weighted by Crippen LogP contribution is -2.65. The Morgan fingerprint density at radius 1 is 1.20 bits per heavy atom. The van der Waals surface area contributed by atoms with Crippen LogP contribution in [0.15, 0.2) is 41.2 Å². The molecule has 2 atom stereocenters. The summed E-state index contributed by atoms with van der Waals surface area (Å²) in [5.41, 5.74) is 3.24. The molecule has 4 aliphatic rings. The second kappa shape index (κ2) is 5.78. The first-order valence-electron chi connectivity index (χ1n) is 9.06. The SMILES string of the molecule is CC[C@H]1CN(c2ccc3nc4ccc(=O)cc-4sc3c2)C[C@H]2CCN21. The summed E-state index contributed by atoms with van der Waals surface area (Å²) in [4.78, 5) is 22.5. The molecule has 1 aromatic carbocycles. The van der Waals surface area contributed by atoms with Crippen LogP contribution in [0.1, 0.15) is 19.8 Å². The lowest BCUT2D eigenvalue weighted by atomic mass is 9.93. The number of piperazine rings is 1. The number of hydrogen-bond donors (Lipinski definition) is 0. The zero-order valence-electron chi connectivity index (χ0n) is 14.3. The van der Waals surface area contributed by atoms with Gasteiger partial charge in [-0.3, -0.25) is 9.69 Å². The molecule has 1 aromatic rings. The van der Waals surface area contributed by atoms with Gasteiger partial charge in [-0.25, -0.2) is 4.98 Å². The number of aromatic nitrogens is 1. The third kappa shape index (κ3) is 2.53. The molecule has 25 heavy (non-hydrogen) atoms. The van der Waals surface area contributed by atoms with Gasteiger partial charge in [0, 0.05) is 43.5 Å². The second-order valence-electron chi connectivity index (χ2n) is 7.14. The molecule has 1 aliphatic carbocycles. The van der Waals surface area contributed by atoms with E-state index in [4.69, 9.17) is 4.98 Å². The average Bonchev–Trinajstić information content (AvgIpc) is 2.60. The van der Waals surface area contributed by atoms with E-state index in [-0.39, 0.29) is 5.43 Å². The normalized spacial score (nSPS) is 23.6. The van der Waals surface area contributed by atoms with Gasteiger partial charge in [-0.2, -0.15) is 0 Å². The van der Waals surface area contributed by atoms with Crippen LogP contribution in [0.2, 0.25) is 0 Å². The van der Waals surface area contributed by atoms with Crippen molar-refractivity contribution in [3.05, 3.63) is 46.6 Å². The van der Waals surface area contributed by atoms with Gasteiger partial charge >= 0.3 is 0 Å². The molecule has 0 unspecified atom stereocenters. The predicted octanol–water partition coefficient (Wildman–Crippen LogP) is 3.43. The van der Waals surface area contributed by atoms with Crippen molar-refractivity contribution in [2.24, 2.45) is 0 Å². The number of benzene rings is 2. The van der Waals surface area contributed by atoms with Crippen molar-refractivity contribution in [2.45, 2.75) is 31.8 Å². The lowest BCUT2D eigenvalue weighted by molar-refractivity contribution is 0.0248. The molecule has 0 amide bonds. The summed E-state index contributed by atoms with van der Waals surface area (Å²) in [7, 11) is 0. The summed E-state index contributed by atoms with van der Waals surface area (Å²) < 4.78 is 1.15. The van der Waals surface area contributed by atoms with Crippen LogP contribution in [0.4, 0.5) is 5.69 Å². The van der Waals surface area contributed by atoms with Crippen molar-refractivity contribution < 1.29 is 0 Å². The van der Waals surface area contributed by atoms with Crippen molar-refractivity contribution in [3.63, 3.8) is 0 Å². The maximum atomic E-state index is 11.6. The molecule has 128 valence electrons. The summed E-state index contributed by atoms with van der Waals surface area (Å²) in [6.07, 6.45) is 2.53. The molecule has 5 heteroatoms. The molecule has 3 aliphatic heterocycles. The minimum Gasteiger partial charge on any atom is -0.368 e. The van der Waals surface area contributed by atoms with Crippen LogP contribution in [-0.4, -0.2) is 41.6 Å². The number of nitrogens with zero attached hydrogens (tertiary/aromatic N) is 3. The Hall–Kier alpha value is -1.98. The van der Waals surface area contributed by atoms with Crippen molar-refractivity contribution in [1.82, 2.24) is 9.88 Å². The van der Waals surface area contributed by atoms with Crippen molar-refractivity contribution in [2.75, 3.05) is 24.5 Å². The number of hydrogen-bond acceptors (Lipinski definition) is 5. The Balaban J connectivity index is 1.54. The first-order chi connectivity index (χ1) is 12.2. The first-order valence-corrected chi connectivity index (χ1v) is 9.88. The van der Waals surface area contributed by atoms with E-state index in [9.17, 15) is 4.79 Å². The molecule has 0 aromatic heterocycles. The van der Waals surface area contributed by atoms with E-state index in [1.165, 1.54) is 25.1 Å². The predicted molar refractivity (Wildman–Crippen MR) is 104 cm³/mol. The summed E-state index contributed by atoms with van der Waals surface area (Å²) in [5.74, 6) is 0. The zero-order valence-corrected chi connectivity index (χ0v) is 15.1. The lowest BCUT2D eigenvalue weighted by Gasteiger charge is -2.53. The quantitative estimate of drug-likeness (QED) is 0.663. The fourth-order valence-electron chi connectivity index (χ4n) is 4.19. The number of fused-ring (bicyclic) bond motifs is 3. The summed E-state index contributed by atoms with van der Waals surface area (Å²) >= 11 is 1.67. The minimum absolute atomic E-state index is 0.0490. The Kier molecular flexibility index (Phi) is 3.54. The monoisotopic (exact) mass is 351 g/mol. The Morgan fingerprint density at radius 3 is 2.92 bits per heavy atom. The van der Waals surface area contributed by atoms with Gasteiger partial charge in [-0.1, -0.05) is 6.92 Å². The highest BCUT2D eigenvalue weighted by molar-refractivity contribution is 7.21. The fraction of sp³-hybridized carbons (Fsp3) is 0.400. The van der Waals surface area contributed by atoms with Crippen LogP contribution in [0.25, 0.3) is 20.8 Å². The van der Waals surface area contributed by atoms with Crippen molar-refractivity contribution >= 4 is 27.2 Å². The van der Waals surface area contributed by atoms with Crippen molar-refractivity contribution in [3.8, 4) is 10.6 Å². The van der Waals surface area contributed by atoms with Gasteiger partial charge < -0.3 is 4.90 Å². The smallest absolute Gasteiger partial charge is 0.180 e. The molecular weight excluding hydrogens is 330 g/mol. The average molecular weight is 351 g/mol. The Bertz CT molecular complexity index is 969. The van der Waals surface area contributed by atoms with Gasteiger partial charge in [0.2, 0.25) is 0 Å². The van der Waals surface area contributed by atoms with E-state index >= 15 is 0 Å². The highest BCUT2D eigenvalue weighted by Gasteiger charge is 2.39. The molecule has 0 bridgehead atoms. The molecule has 0 spiro atoms. The van der Waals surface area contributed by atoms with Crippen LogP contribution >= 0.6 is 11.3 Å². The fourth-order valence-corrected chi connectivity index (χ4v) is 5.22. The summed E-state index contributed by atoms with van der Waals surface area (Å²) in [5, 5.41) is 0. The van der Waals surface area contributed by atoms with Crippen LogP contribution in [0.3, 0.4) is 0 Å². The third-order valence-electron chi connectivity index (χ3n) is 5.69. The van der Waals surface area contributed by atoms with Gasteiger partial charge in [-0.05, 0) is 43.2 Å². The van der Waals surface area contributed by atoms with Crippen LogP contribution < -0.4 is 10.3 Å². The van der Waals surface area contributed by atoms with Crippen LogP contribution in [-0.2, 0) is 0 Å². The standard InChI is InChI=1S/C20H21N3OS/c1-2-13-11-22(12-15-7-8-23(13)15)14-3-5-17-19(9-14)25-20-10-16(24)4-6-18(20)21-17/h3-6,9-10,13,15H,2,7-8,11-12H2,1H3/t13-,15+/m0/s1. The van der Waals surface area contributed by atoms with E-state index in [1.54, 1.807) is 23.5 Å². The van der Waals surface area contributed by atoms with Gasteiger partial charge in [-0.15, -0.1) is 11.3 Å². The first kappa shape index (κ1) is 15.3. The zero-order chi connectivity index (χ0) is 17.0. The Labute approximate surface area is 151 Å². The van der Waals surface area contributed by atoms with E-state index in [2.05, 4.69) is 34.9 Å². The third-order valence-corrected chi connectivity index (χ3v) is 6.79. The van der Waals surface area contributed by atoms with Gasteiger partial charge in [0.25, 0.3) is 0 Å². The van der Waals surface area contributed by atoms with Crippen molar-refractivity contribution in [1.29, 1.82) is 0 Å². The van der Waals surface area contributed by atoms with Gasteiger partial charge in [0.05, 0.1) is 20.8 Å². The molecule has 2 fully saturated rings. The molecule has 3 heterocycles. The van der Waals surface area contributed by atoms with Gasteiger partial charge in [0.15, 0.2) is 5.43 Å². The molecule has 0 N–H and O–H groups in total. The maximum absolute atomic E-state index is 11.6. The largest absolute Gasteiger partial charge is 0.368 e. The Morgan fingerprint density at radius 2 is 2.12 bits per heavy atom. The highest BCUT2D eigenvalue weighted by Crippen LogP contribution is 2.35. The van der Waals surface area contributed by atoms with Crippen LogP contribution in [0.5, 0.6) is 0 Å². The van der Waals surface area contributed by atoms with E-state index in [0.29, 0.717) is 6.04 Å². The molecule has 4 nitrogen and oxygen atoms in total. The molecule has 0 saturated carbocycles. The highest BCUT2D eigenvalue weighted by atomic mass is 32.1. The molecule has 0 radical (unpaired) electrons. The van der Waals surface area contributed by atoms with Gasteiger partial charge in [0.1, 0.15) is 0 Å². The van der Waals surface area contributed by atoms with Crippen LogP contribution in [0, 0.1) is 0 Å². The molecular formula is C20H21N3OS. The topological polar surface area (TPSA) is 36.4 Å². The van der Waals surface area contributed by atoms with E-state index < -0.39 is 0 Å². The van der Waals surface area contributed by atoms with E-state index in [0.717, 1.165) is 39.9 Å². The summed E-state index contributed by atoms with van der Waals surface area (Å²) in [6, 6.07) is 13.1. The minimum atomic E-state index is 0.0490. The second-order valence-corrected chi connectivity index (χ2v) is 8.23.